The first-order valence-corrected chi connectivity index (χ1v) is 18.0. The number of nitrogens with zero attached hydrogens (tertiary/aromatic N) is 3. The van der Waals surface area contributed by atoms with E-state index in [4.69, 9.17) is 0 Å². The monoisotopic (exact) mass is 709 g/mol. The second-order valence-electron chi connectivity index (χ2n) is 14.7. The second kappa shape index (κ2) is 16.6. The fraction of sp³-hybridized carbons (Fsp3) is 0.727. The Balaban J connectivity index is 1.55. The van der Waals surface area contributed by atoms with Crippen LogP contribution < -0.4 is 21.3 Å². The Hall–Kier alpha value is -3.24. The molecule has 2 heterocycles. The largest absolute Gasteiger partial charge is 0.376 e. The van der Waals surface area contributed by atoms with Crippen molar-refractivity contribution in [2.24, 2.45) is 23.2 Å². The number of nitrogens with one attached hydrogen (secondary N) is 4. The molecule has 2 aliphatic carbocycles. The maximum atomic E-state index is 14.5. The molecule has 4 amide bonds. The lowest BCUT2D eigenvalue weighted by atomic mass is 9.85. The molecule has 16 heteroatoms. The summed E-state index contributed by atoms with van der Waals surface area (Å²) in [6.07, 6.45) is 3.90. The number of likely N-dealkylation sites (tertiary alicyclic amines) is 1. The number of amides is 4. The van der Waals surface area contributed by atoms with Gasteiger partial charge in [-0.15, -0.1) is 11.8 Å². The van der Waals surface area contributed by atoms with Gasteiger partial charge in [0.1, 0.15) is 29.4 Å². The van der Waals surface area contributed by atoms with Crippen LogP contribution in [0, 0.1) is 23.2 Å². The van der Waals surface area contributed by atoms with E-state index < -0.39 is 76.7 Å². The van der Waals surface area contributed by atoms with Crippen LogP contribution in [0.4, 0.5) is 8.78 Å². The molecule has 7 atom stereocenters. The molecule has 2 saturated carbocycles. The molecular weight excluding hydrogens is 660 g/mol. The van der Waals surface area contributed by atoms with Crippen LogP contribution >= 0.6 is 11.8 Å². The highest BCUT2D eigenvalue weighted by molar-refractivity contribution is 8.00. The summed E-state index contributed by atoms with van der Waals surface area (Å²) in [5.41, 5.74) is -0.772. The lowest BCUT2D eigenvalue weighted by molar-refractivity contribution is -0.144. The van der Waals surface area contributed by atoms with Crippen molar-refractivity contribution in [3.8, 4) is 0 Å². The minimum absolute atomic E-state index is 0.00945. The van der Waals surface area contributed by atoms with Crippen molar-refractivity contribution in [2.45, 2.75) is 115 Å². The van der Waals surface area contributed by atoms with Crippen molar-refractivity contribution >= 4 is 41.2 Å². The molecular formula is C33H49F2N7O6S. The van der Waals surface area contributed by atoms with E-state index in [9.17, 15) is 37.9 Å². The van der Waals surface area contributed by atoms with Crippen molar-refractivity contribution in [3.05, 3.63) is 24.3 Å². The average molecular weight is 710 g/mol. The van der Waals surface area contributed by atoms with E-state index in [0.717, 1.165) is 25.7 Å². The number of halogens is 2. The first kappa shape index (κ1) is 38.6. The van der Waals surface area contributed by atoms with Crippen LogP contribution in [0.5, 0.6) is 0 Å². The summed E-state index contributed by atoms with van der Waals surface area (Å²) in [6.45, 7) is 9.46. The van der Waals surface area contributed by atoms with Crippen molar-refractivity contribution in [2.75, 3.05) is 12.3 Å². The number of aliphatic hydroxyl groups is 1. The molecule has 3 fully saturated rings. The molecule has 0 aromatic carbocycles. The third-order valence-corrected chi connectivity index (χ3v) is 10.3. The van der Waals surface area contributed by atoms with Crippen LogP contribution in [-0.2, 0) is 19.2 Å². The van der Waals surface area contributed by atoms with Crippen LogP contribution in [0.2, 0.25) is 0 Å². The fourth-order valence-corrected chi connectivity index (χ4v) is 7.45. The Bertz CT molecular complexity index is 1350. The molecule has 1 aliphatic heterocycles. The van der Waals surface area contributed by atoms with E-state index in [0.29, 0.717) is 24.7 Å². The first-order valence-electron chi connectivity index (χ1n) is 16.9. The van der Waals surface area contributed by atoms with E-state index in [1.807, 2.05) is 13.8 Å². The molecule has 4 rings (SSSR count). The Labute approximate surface area is 289 Å². The summed E-state index contributed by atoms with van der Waals surface area (Å²) < 4.78 is 26.4. The molecule has 1 aromatic rings. The van der Waals surface area contributed by atoms with Crippen LogP contribution in [0.25, 0.3) is 0 Å². The van der Waals surface area contributed by atoms with E-state index >= 15 is 0 Å². The molecule has 49 heavy (non-hydrogen) atoms. The Kier molecular flexibility index (Phi) is 13.1. The van der Waals surface area contributed by atoms with Crippen LogP contribution in [0.1, 0.15) is 83.6 Å². The molecule has 13 nitrogen and oxygen atoms in total. The van der Waals surface area contributed by atoms with Crippen LogP contribution in [0.3, 0.4) is 0 Å². The number of carbonyl (C=O) groups excluding carboxylic acids is 5. The summed E-state index contributed by atoms with van der Waals surface area (Å²) in [5.74, 6) is -4.34. The van der Waals surface area contributed by atoms with E-state index in [-0.39, 0.29) is 35.9 Å². The summed E-state index contributed by atoms with van der Waals surface area (Å²) in [5, 5.41) is 21.0. The molecule has 5 N–H and O–H groups in total. The summed E-state index contributed by atoms with van der Waals surface area (Å²) in [7, 11) is 0. The van der Waals surface area contributed by atoms with Gasteiger partial charge in [0.15, 0.2) is 0 Å². The van der Waals surface area contributed by atoms with E-state index in [1.54, 1.807) is 20.8 Å². The van der Waals surface area contributed by atoms with Gasteiger partial charge in [0.05, 0.1) is 18.0 Å². The summed E-state index contributed by atoms with van der Waals surface area (Å²) >= 11 is 0.531. The Morgan fingerprint density at radius 1 is 1.06 bits per heavy atom. The maximum absolute atomic E-state index is 14.5. The lowest BCUT2D eigenvalue weighted by Crippen LogP contribution is -2.62. The quantitative estimate of drug-likeness (QED) is 0.126. The number of alkyl halides is 2. The Morgan fingerprint density at radius 3 is 2.37 bits per heavy atom. The molecule has 1 aromatic heterocycles. The molecule has 1 saturated heterocycles. The highest BCUT2D eigenvalue weighted by Gasteiger charge is 2.52. The number of hydrogen-bond donors (Lipinski definition) is 5. The minimum Gasteiger partial charge on any atom is -0.376 e. The zero-order valence-electron chi connectivity index (χ0n) is 28.7. The number of ketones is 1. The standard InChI is InChI=1S/C33H49F2N7O6S/c1-17(2)13-21(39-28(45)22-14-36-11-12-37-22)27(44)40-26(33(3,4)5)32(48)42-15-18-7-6-8-20(18)24(42)29(46)41-31(49-16-23(34)35)25(43)30(47)38-19-9-10-19/h11-12,14,17-21,23-24,26,29,31,41,46H,6-10,13,15-16H2,1-5H3,(H,38,47)(H,39,45)(H,40,44)/t18-,20-,21?,24?,26?,29?,31?/m0/s1. The van der Waals surface area contributed by atoms with Crippen molar-refractivity contribution < 1.29 is 37.9 Å². The third-order valence-electron chi connectivity index (χ3n) is 9.16. The van der Waals surface area contributed by atoms with Crippen molar-refractivity contribution in [1.82, 2.24) is 36.1 Å². The minimum atomic E-state index is -2.75. The predicted octanol–water partition coefficient (Wildman–Crippen LogP) is 1.86. The van der Waals surface area contributed by atoms with Gasteiger partial charge in [-0.1, -0.05) is 41.0 Å². The number of aliphatic hydroxyl groups excluding tert-OH is 1. The number of hydrogen-bond acceptors (Lipinski definition) is 10. The topological polar surface area (TPSA) is 183 Å². The third kappa shape index (κ3) is 10.4. The van der Waals surface area contributed by atoms with Gasteiger partial charge in [0.25, 0.3) is 11.8 Å². The van der Waals surface area contributed by atoms with Gasteiger partial charge in [-0.25, -0.2) is 13.8 Å². The zero-order chi connectivity index (χ0) is 36.0. The summed E-state index contributed by atoms with van der Waals surface area (Å²) in [6, 6.07) is -3.05. The zero-order valence-corrected chi connectivity index (χ0v) is 29.5. The predicted molar refractivity (Wildman–Crippen MR) is 178 cm³/mol. The second-order valence-corrected chi connectivity index (χ2v) is 15.9. The van der Waals surface area contributed by atoms with Gasteiger partial charge in [-0.05, 0) is 55.3 Å². The number of Topliss-reactive ketones (excluding diaryl/α,β-unsaturated/α-hetero) is 1. The first-order chi connectivity index (χ1) is 23.1. The summed E-state index contributed by atoms with van der Waals surface area (Å²) in [4.78, 5) is 76.2. The molecule has 5 unspecified atom stereocenters. The highest BCUT2D eigenvalue weighted by Crippen LogP contribution is 2.44. The smallest absolute Gasteiger partial charge is 0.290 e. The highest BCUT2D eigenvalue weighted by atomic mass is 32.2. The lowest BCUT2D eigenvalue weighted by Gasteiger charge is -2.39. The van der Waals surface area contributed by atoms with Gasteiger partial charge in [0.2, 0.25) is 24.0 Å². The molecule has 0 spiro atoms. The number of rotatable bonds is 16. The number of fused-ring (bicyclic) bond motifs is 1. The van der Waals surface area contributed by atoms with Gasteiger partial charge in [-0.3, -0.25) is 34.3 Å². The van der Waals surface area contributed by atoms with Gasteiger partial charge in [-0.2, -0.15) is 0 Å². The van der Waals surface area contributed by atoms with Gasteiger partial charge in [0, 0.05) is 25.0 Å². The van der Waals surface area contributed by atoms with Crippen molar-refractivity contribution in [1.29, 1.82) is 0 Å². The van der Waals surface area contributed by atoms with Gasteiger partial charge >= 0.3 is 0 Å². The molecule has 272 valence electrons. The normalized spacial score (nSPS) is 23.1. The fourth-order valence-electron chi connectivity index (χ4n) is 6.62. The van der Waals surface area contributed by atoms with Crippen molar-refractivity contribution in [3.63, 3.8) is 0 Å². The van der Waals surface area contributed by atoms with Gasteiger partial charge < -0.3 is 26.0 Å². The number of thioether (sulfide) groups is 1. The Morgan fingerprint density at radius 2 is 1.78 bits per heavy atom. The SMILES string of the molecule is CC(C)CC(NC(=O)c1cnccn1)C(=O)NC(C(=O)N1C[C@@H]2CCC[C@@H]2C1C(O)NC(SCC(F)F)C(=O)C(=O)NC1CC1)C(C)(C)C. The molecule has 3 aliphatic rings. The van der Waals surface area contributed by atoms with Crippen LogP contribution in [-0.4, -0.2) is 104 Å². The number of aromatic nitrogens is 2. The number of carbonyl (C=O) groups is 5. The van der Waals surface area contributed by atoms with E-state index in [2.05, 4.69) is 31.2 Å². The molecule has 0 radical (unpaired) electrons. The molecule has 0 bridgehead atoms. The van der Waals surface area contributed by atoms with Crippen LogP contribution in [0.15, 0.2) is 18.6 Å². The maximum Gasteiger partial charge on any atom is 0.290 e. The van der Waals surface area contributed by atoms with E-state index in [1.165, 1.54) is 23.5 Å². The average Bonchev–Trinajstić information content (AvgIpc) is 3.60.